The number of aryl methyl sites for hydroxylation is 2. The Labute approximate surface area is 206 Å². The summed E-state index contributed by atoms with van der Waals surface area (Å²) >= 11 is 0. The van der Waals surface area contributed by atoms with Crippen LogP contribution in [0.2, 0.25) is 0 Å². The van der Waals surface area contributed by atoms with Crippen molar-refractivity contribution in [1.82, 2.24) is 14.3 Å². The van der Waals surface area contributed by atoms with Crippen LogP contribution in [0.1, 0.15) is 43.5 Å². The van der Waals surface area contributed by atoms with E-state index >= 15 is 0 Å². The summed E-state index contributed by atoms with van der Waals surface area (Å²) in [7, 11) is -3.65. The number of imidazole rings is 1. The van der Waals surface area contributed by atoms with Crippen molar-refractivity contribution in [3.8, 4) is 0 Å². The number of nitrogens with one attached hydrogen (secondary N) is 1. The van der Waals surface area contributed by atoms with E-state index in [1.807, 2.05) is 23.8 Å². The first-order valence-electron chi connectivity index (χ1n) is 11.8. The molecule has 1 heterocycles. The number of hydrogen-bond donors (Lipinski definition) is 2. The van der Waals surface area contributed by atoms with Crippen molar-refractivity contribution in [2.24, 2.45) is 0 Å². The van der Waals surface area contributed by atoms with Gasteiger partial charge in [0.2, 0.25) is 10.0 Å². The van der Waals surface area contributed by atoms with Gasteiger partial charge >= 0.3 is 5.97 Å². The summed E-state index contributed by atoms with van der Waals surface area (Å²) < 4.78 is 35.7. The molecule has 1 aliphatic rings. The highest BCUT2D eigenvalue weighted by atomic mass is 32.2. The van der Waals surface area contributed by atoms with Crippen LogP contribution in [0.5, 0.6) is 0 Å². The van der Waals surface area contributed by atoms with Gasteiger partial charge in [-0.15, -0.1) is 0 Å². The molecule has 1 aliphatic carbocycles. The Hall–Kier alpha value is -3.01. The monoisotopic (exact) mass is 497 g/mol. The van der Waals surface area contributed by atoms with Gasteiger partial charge in [-0.25, -0.2) is 22.9 Å². The van der Waals surface area contributed by atoms with Gasteiger partial charge in [-0.2, -0.15) is 0 Å². The zero-order valence-corrected chi connectivity index (χ0v) is 20.5. The third-order valence-electron chi connectivity index (χ3n) is 6.48. The lowest BCUT2D eigenvalue weighted by atomic mass is 9.89. The smallest absolute Gasteiger partial charge is 0.343 e. The number of aliphatic hydroxyl groups is 1. The molecule has 0 amide bonds. The fourth-order valence-corrected chi connectivity index (χ4v) is 5.82. The van der Waals surface area contributed by atoms with E-state index in [-0.39, 0.29) is 17.4 Å². The Morgan fingerprint density at radius 3 is 2.49 bits per heavy atom. The zero-order chi connectivity index (χ0) is 24.9. The molecule has 3 atom stereocenters. The van der Waals surface area contributed by atoms with Crippen molar-refractivity contribution in [3.63, 3.8) is 0 Å². The number of nitrogens with zero attached hydrogens (tertiary/aromatic N) is 2. The number of hydrogen-bond acceptors (Lipinski definition) is 6. The Balaban J connectivity index is 1.40. The van der Waals surface area contributed by atoms with Crippen LogP contribution in [0, 0.1) is 6.92 Å². The number of benzene rings is 2. The minimum atomic E-state index is -3.65. The summed E-state index contributed by atoms with van der Waals surface area (Å²) in [6.45, 7) is 2.52. The van der Waals surface area contributed by atoms with E-state index < -0.39 is 27.7 Å². The maximum Gasteiger partial charge on any atom is 0.343 e. The quantitative estimate of drug-likeness (QED) is 0.416. The molecule has 2 aromatic carbocycles. The largest absolute Gasteiger partial charge is 0.460 e. The summed E-state index contributed by atoms with van der Waals surface area (Å²) in [5.41, 5.74) is -1.32. The predicted octanol–water partition coefficient (Wildman–Crippen LogP) is 3.30. The van der Waals surface area contributed by atoms with Crippen LogP contribution in [0.25, 0.3) is 0 Å². The van der Waals surface area contributed by atoms with Gasteiger partial charge in [0.05, 0.1) is 4.90 Å². The van der Waals surface area contributed by atoms with Crippen LogP contribution in [-0.2, 0) is 31.7 Å². The van der Waals surface area contributed by atoms with Gasteiger partial charge in [-0.05, 0) is 50.3 Å². The highest BCUT2D eigenvalue weighted by Crippen LogP contribution is 2.32. The Kier molecular flexibility index (Phi) is 7.69. The molecule has 8 nitrogen and oxygen atoms in total. The molecule has 1 fully saturated rings. The van der Waals surface area contributed by atoms with Crippen LogP contribution in [0.4, 0.5) is 0 Å². The molecule has 0 saturated heterocycles. The fraction of sp³-hybridized carbons (Fsp3) is 0.385. The number of carbonyl (C=O) groups is 1. The lowest BCUT2D eigenvalue weighted by molar-refractivity contribution is -0.173. The molecule has 1 unspecified atom stereocenters. The van der Waals surface area contributed by atoms with Crippen molar-refractivity contribution in [2.75, 3.05) is 0 Å². The molecule has 0 bridgehead atoms. The number of carbonyl (C=O) groups excluding carboxylic acids is 1. The molecule has 35 heavy (non-hydrogen) atoms. The van der Waals surface area contributed by atoms with E-state index in [1.165, 1.54) is 0 Å². The summed E-state index contributed by atoms with van der Waals surface area (Å²) in [6, 6.07) is 16.7. The summed E-state index contributed by atoms with van der Waals surface area (Å²) in [4.78, 5) is 17.7. The van der Waals surface area contributed by atoms with Crippen LogP contribution in [0.15, 0.2) is 78.0 Å². The molecule has 4 rings (SSSR count). The first kappa shape index (κ1) is 25.1. The second-order valence-electron chi connectivity index (χ2n) is 8.97. The van der Waals surface area contributed by atoms with Crippen LogP contribution in [0.3, 0.4) is 0 Å². The van der Waals surface area contributed by atoms with Crippen LogP contribution < -0.4 is 4.72 Å². The topological polar surface area (TPSA) is 111 Å². The number of sulfonamides is 1. The number of rotatable bonds is 10. The summed E-state index contributed by atoms with van der Waals surface area (Å²) in [5, 5.41) is 11.5. The molecule has 1 aromatic heterocycles. The maximum atomic E-state index is 13.3. The number of esters is 1. The van der Waals surface area contributed by atoms with Crippen molar-refractivity contribution in [1.29, 1.82) is 0 Å². The highest BCUT2D eigenvalue weighted by molar-refractivity contribution is 7.89. The number of aromatic nitrogens is 2. The van der Waals surface area contributed by atoms with Gasteiger partial charge in [-0.1, -0.05) is 48.5 Å². The maximum absolute atomic E-state index is 13.3. The van der Waals surface area contributed by atoms with E-state index in [4.69, 9.17) is 4.74 Å². The molecular formula is C26H31N3O5S. The van der Waals surface area contributed by atoms with Gasteiger partial charge in [0.1, 0.15) is 11.9 Å². The van der Waals surface area contributed by atoms with Crippen LogP contribution in [-0.4, -0.2) is 41.2 Å². The minimum Gasteiger partial charge on any atom is -0.460 e. The van der Waals surface area contributed by atoms with Gasteiger partial charge in [0.25, 0.3) is 0 Å². The third-order valence-corrected chi connectivity index (χ3v) is 8.02. The second-order valence-corrected chi connectivity index (χ2v) is 10.7. The first-order chi connectivity index (χ1) is 16.8. The van der Waals surface area contributed by atoms with Gasteiger partial charge in [0, 0.05) is 31.4 Å². The molecular weight excluding hydrogens is 466 g/mol. The second kappa shape index (κ2) is 10.7. The van der Waals surface area contributed by atoms with E-state index in [9.17, 15) is 18.3 Å². The lowest BCUT2D eigenvalue weighted by Crippen LogP contribution is -2.40. The van der Waals surface area contributed by atoms with Crippen LogP contribution >= 0.6 is 0 Å². The molecule has 0 spiro atoms. The van der Waals surface area contributed by atoms with E-state index in [0.29, 0.717) is 37.8 Å². The molecule has 1 saturated carbocycles. The first-order valence-corrected chi connectivity index (χ1v) is 13.3. The Bertz CT molecular complexity index is 1230. The van der Waals surface area contributed by atoms with Crippen molar-refractivity contribution in [2.45, 2.75) is 68.2 Å². The fourth-order valence-electron chi connectivity index (χ4n) is 4.51. The molecule has 186 valence electrons. The summed E-state index contributed by atoms with van der Waals surface area (Å²) in [5.74, 6) is 0.161. The standard InChI is InChI=1S/C26H31N3O5S/c1-20-27-16-18-29(20)17-8-15-26(31,21-9-4-2-5-10-21)25(30)34-23-14-13-22(19-23)28-35(32,33)24-11-6-3-7-12-24/h2-7,9-12,16,18,22-23,28,31H,8,13-15,17,19H2,1H3/t22?,23-,26+/m0/s1. The molecule has 2 N–H and O–H groups in total. The van der Waals surface area contributed by atoms with Gasteiger partial charge in [0.15, 0.2) is 5.60 Å². The highest BCUT2D eigenvalue weighted by Gasteiger charge is 2.41. The molecule has 3 aromatic rings. The molecule has 0 aliphatic heterocycles. The number of ether oxygens (including phenoxy) is 1. The van der Waals surface area contributed by atoms with Gasteiger partial charge in [-0.3, -0.25) is 0 Å². The van der Waals surface area contributed by atoms with Crippen molar-refractivity contribution in [3.05, 3.63) is 84.4 Å². The van der Waals surface area contributed by atoms with Crippen molar-refractivity contribution < 1.29 is 23.1 Å². The molecule has 9 heteroatoms. The average Bonchev–Trinajstić information content (AvgIpc) is 3.48. The lowest BCUT2D eigenvalue weighted by Gasteiger charge is -2.28. The normalized spacial score (nSPS) is 19.8. The zero-order valence-electron chi connectivity index (χ0n) is 19.7. The van der Waals surface area contributed by atoms with E-state index in [1.54, 1.807) is 60.8 Å². The van der Waals surface area contributed by atoms with E-state index in [0.717, 1.165) is 5.82 Å². The average molecular weight is 498 g/mol. The SMILES string of the molecule is Cc1nccn1CCC[C@](O)(C(=O)O[C@H]1CCC(NS(=O)(=O)c2ccccc2)C1)c1ccccc1. The Morgan fingerprint density at radius 2 is 1.83 bits per heavy atom. The Morgan fingerprint density at radius 1 is 1.14 bits per heavy atom. The minimum absolute atomic E-state index is 0.185. The van der Waals surface area contributed by atoms with E-state index in [2.05, 4.69) is 9.71 Å². The summed E-state index contributed by atoms with van der Waals surface area (Å²) in [6.07, 6.45) is 5.26. The molecule has 0 radical (unpaired) electrons. The van der Waals surface area contributed by atoms with Gasteiger partial charge < -0.3 is 14.4 Å². The predicted molar refractivity (Wildman–Crippen MR) is 131 cm³/mol. The van der Waals surface area contributed by atoms with Crippen molar-refractivity contribution >= 4 is 16.0 Å². The third kappa shape index (κ3) is 5.98.